The van der Waals surface area contributed by atoms with E-state index in [4.69, 9.17) is 0 Å². The molecule has 0 aromatic heterocycles. The van der Waals surface area contributed by atoms with Crippen molar-refractivity contribution in [2.24, 2.45) is 0 Å². The second-order valence-electron chi connectivity index (χ2n) is 3.51. The maximum atomic E-state index is 10.0. The average molecular weight is 281 g/mol. The predicted molar refractivity (Wildman–Crippen MR) is 70.0 cm³/mol. The van der Waals surface area contributed by atoms with Crippen molar-refractivity contribution in [3.8, 4) is 0 Å². The standard InChI is InChI=1S/C5H8O2.2C5H5.V/c1-4(6)3-5(2)7;2*1-2-4-5-3-1;/h3H2,1-2H3;2*1-5H;/q;-5;-1;. The van der Waals surface area contributed by atoms with Gasteiger partial charge >= 0.3 is 0 Å². The topological polar surface area (TPSA) is 34.1 Å². The van der Waals surface area contributed by atoms with E-state index in [2.05, 4.69) is 0 Å². The van der Waals surface area contributed by atoms with Crippen molar-refractivity contribution < 1.29 is 28.1 Å². The maximum absolute atomic E-state index is 10.0. The van der Waals surface area contributed by atoms with Crippen LogP contribution in [-0.4, -0.2) is 11.6 Å². The first kappa shape index (κ1) is 19.0. The Bertz CT molecular complexity index is 302. The predicted octanol–water partition coefficient (Wildman–Crippen LogP) is 3.36. The van der Waals surface area contributed by atoms with Crippen LogP contribution in [0.15, 0.2) is 60.7 Å². The zero-order chi connectivity index (χ0) is 12.9. The van der Waals surface area contributed by atoms with Crippen molar-refractivity contribution in [2.45, 2.75) is 20.3 Å². The number of carbonyl (C=O) groups is 2. The van der Waals surface area contributed by atoms with Crippen molar-refractivity contribution in [1.82, 2.24) is 0 Å². The Labute approximate surface area is 121 Å². The van der Waals surface area contributed by atoms with Crippen molar-refractivity contribution in [1.29, 1.82) is 0 Å². The van der Waals surface area contributed by atoms with Gasteiger partial charge in [-0.15, -0.1) is 0 Å². The fourth-order valence-corrected chi connectivity index (χ4v) is 0.992. The van der Waals surface area contributed by atoms with E-state index < -0.39 is 0 Å². The molecule has 1 radical (unpaired) electrons. The van der Waals surface area contributed by atoms with Gasteiger partial charge in [-0.2, -0.15) is 18.2 Å². The van der Waals surface area contributed by atoms with Gasteiger partial charge in [0, 0.05) is 18.6 Å². The van der Waals surface area contributed by atoms with Gasteiger partial charge in [-0.1, -0.05) is 0 Å². The smallest absolute Gasteiger partial charge is 0.137 e. The quantitative estimate of drug-likeness (QED) is 0.625. The van der Waals surface area contributed by atoms with Crippen LogP contribution in [0.25, 0.3) is 0 Å². The van der Waals surface area contributed by atoms with Gasteiger partial charge < -0.3 is 30.3 Å². The zero-order valence-corrected chi connectivity index (χ0v) is 12.1. The van der Waals surface area contributed by atoms with Crippen LogP contribution >= 0.6 is 0 Å². The number of rotatable bonds is 2. The molecule has 2 nitrogen and oxygen atoms in total. The van der Waals surface area contributed by atoms with Crippen LogP contribution in [0, 0.1) is 0 Å². The van der Waals surface area contributed by atoms with E-state index in [1.807, 2.05) is 60.7 Å². The summed E-state index contributed by atoms with van der Waals surface area (Å²) < 4.78 is 0. The monoisotopic (exact) mass is 281 g/mol. The molecule has 0 aliphatic carbocycles. The van der Waals surface area contributed by atoms with Crippen molar-refractivity contribution in [2.75, 3.05) is 0 Å². The van der Waals surface area contributed by atoms with Gasteiger partial charge in [0.25, 0.3) is 0 Å². The molecule has 0 atom stereocenters. The average Bonchev–Trinajstić information content (AvgIpc) is 2.96. The van der Waals surface area contributed by atoms with Crippen LogP contribution in [0.5, 0.6) is 0 Å². The third-order valence-corrected chi connectivity index (χ3v) is 1.61. The maximum Gasteiger partial charge on any atom is 0.137 e. The Hall–Kier alpha value is -1.38. The van der Waals surface area contributed by atoms with E-state index in [9.17, 15) is 9.59 Å². The summed E-state index contributed by atoms with van der Waals surface area (Å²) in [6.07, 6.45) is 0.0833. The number of Topliss-reactive ketones (excluding diaryl/α,β-unsaturated/α-hetero) is 2. The first-order valence-electron chi connectivity index (χ1n) is 5.45. The Kier molecular flexibility index (Phi) is 14.4. The summed E-state index contributed by atoms with van der Waals surface area (Å²) in [5, 5.41) is 0. The summed E-state index contributed by atoms with van der Waals surface area (Å²) in [5.74, 6) is -0.125. The minimum absolute atomic E-state index is 0. The van der Waals surface area contributed by atoms with E-state index in [1.54, 1.807) is 0 Å². The molecule has 0 saturated heterocycles. The second-order valence-corrected chi connectivity index (χ2v) is 3.51. The van der Waals surface area contributed by atoms with E-state index in [0.717, 1.165) is 0 Å². The molecule has 3 heteroatoms. The van der Waals surface area contributed by atoms with Gasteiger partial charge in [-0.3, -0.25) is 9.59 Å². The Morgan fingerprint density at radius 1 is 0.833 bits per heavy atom. The minimum Gasteiger partial charge on any atom is -0.748 e. The Balaban J connectivity index is 0. The molecule has 0 aliphatic heterocycles. The van der Waals surface area contributed by atoms with Crippen LogP contribution in [0.4, 0.5) is 0 Å². The van der Waals surface area contributed by atoms with Crippen LogP contribution in [0.2, 0.25) is 0 Å². The molecule has 0 bridgehead atoms. The van der Waals surface area contributed by atoms with Gasteiger partial charge in [0.05, 0.1) is 6.42 Å². The van der Waals surface area contributed by atoms with Crippen LogP contribution in [0.3, 0.4) is 0 Å². The van der Waals surface area contributed by atoms with Gasteiger partial charge in [0.15, 0.2) is 0 Å². The molecule has 0 aliphatic rings. The summed E-state index contributed by atoms with van der Waals surface area (Å²) in [4.78, 5) is 20.1. The molecule has 0 heterocycles. The SMILES string of the molecule is CC(=O)CC(C)=O.[V].[cH-]1[cH-][cH-][cH-][cH-]1.c1cc[cH-]c1. The number of hydrogen-bond acceptors (Lipinski definition) is 2. The van der Waals surface area contributed by atoms with Crippen molar-refractivity contribution in [3.63, 3.8) is 0 Å². The fraction of sp³-hybridized carbons (Fsp3) is 0.200. The second kappa shape index (κ2) is 13.7. The normalized spacial score (nSPS) is 7.67. The van der Waals surface area contributed by atoms with Crippen molar-refractivity contribution >= 4 is 11.6 Å². The molecular weight excluding hydrogens is 263 g/mol. The van der Waals surface area contributed by atoms with Gasteiger partial charge in [0.1, 0.15) is 11.6 Å². The minimum atomic E-state index is -0.0625. The first-order valence-corrected chi connectivity index (χ1v) is 5.45. The summed E-state index contributed by atoms with van der Waals surface area (Å²) >= 11 is 0. The summed E-state index contributed by atoms with van der Waals surface area (Å²) in [6, 6.07) is 20.0. The Morgan fingerprint density at radius 3 is 1.28 bits per heavy atom. The molecule has 101 valence electrons. The third kappa shape index (κ3) is 17.0. The molecule has 2 aromatic rings. The molecule has 0 fully saturated rings. The van der Waals surface area contributed by atoms with Gasteiger partial charge in [0.2, 0.25) is 0 Å². The molecular formula is C15H18O2V-6. The molecule has 2 rings (SSSR count). The van der Waals surface area contributed by atoms with Crippen LogP contribution < -0.4 is 0 Å². The summed E-state index contributed by atoms with van der Waals surface area (Å²) in [7, 11) is 0. The van der Waals surface area contributed by atoms with E-state index in [1.165, 1.54) is 13.8 Å². The molecule has 0 amide bonds. The van der Waals surface area contributed by atoms with Gasteiger partial charge in [-0.25, -0.2) is 12.1 Å². The molecule has 0 spiro atoms. The number of ketones is 2. The van der Waals surface area contributed by atoms with Crippen LogP contribution in [0.1, 0.15) is 20.3 Å². The molecule has 2 aromatic carbocycles. The van der Waals surface area contributed by atoms with E-state index >= 15 is 0 Å². The molecule has 18 heavy (non-hydrogen) atoms. The van der Waals surface area contributed by atoms with E-state index in [0.29, 0.717) is 0 Å². The summed E-state index contributed by atoms with van der Waals surface area (Å²) in [5.41, 5.74) is 0. The molecule has 0 unspecified atom stereocenters. The third-order valence-electron chi connectivity index (χ3n) is 1.61. The van der Waals surface area contributed by atoms with Crippen molar-refractivity contribution in [3.05, 3.63) is 60.7 Å². The Morgan fingerprint density at radius 2 is 1.17 bits per heavy atom. The van der Waals surface area contributed by atoms with Gasteiger partial charge in [-0.05, 0) is 13.8 Å². The molecule has 0 saturated carbocycles. The largest absolute Gasteiger partial charge is 0.748 e. The molecule has 0 N–H and O–H groups in total. The first-order chi connectivity index (χ1) is 8.13. The number of carbonyl (C=O) groups excluding carboxylic acids is 2. The fourth-order valence-electron chi connectivity index (χ4n) is 0.992. The number of hydrogen-bond donors (Lipinski definition) is 0. The van der Waals surface area contributed by atoms with Crippen LogP contribution in [-0.2, 0) is 28.1 Å². The summed E-state index contributed by atoms with van der Waals surface area (Å²) in [6.45, 7) is 2.81. The van der Waals surface area contributed by atoms with E-state index in [-0.39, 0.29) is 36.5 Å². The zero-order valence-electron chi connectivity index (χ0n) is 10.7.